The SMILES string of the molecule is COCc1ccc(Nc2cc(NC(=O)OC(C)(C)C)ccc2N)cc1. The molecule has 0 aliphatic heterocycles. The Morgan fingerprint density at radius 3 is 2.32 bits per heavy atom. The number of anilines is 4. The van der Waals surface area contributed by atoms with Gasteiger partial charge >= 0.3 is 6.09 Å². The molecule has 0 atom stereocenters. The lowest BCUT2D eigenvalue weighted by Crippen LogP contribution is -2.27. The quantitative estimate of drug-likeness (QED) is 0.696. The van der Waals surface area contributed by atoms with E-state index in [-0.39, 0.29) is 0 Å². The number of amides is 1. The maximum absolute atomic E-state index is 11.9. The van der Waals surface area contributed by atoms with E-state index in [0.717, 1.165) is 11.3 Å². The molecule has 0 saturated carbocycles. The van der Waals surface area contributed by atoms with Crippen LogP contribution >= 0.6 is 0 Å². The van der Waals surface area contributed by atoms with Crippen molar-refractivity contribution in [1.82, 2.24) is 0 Å². The van der Waals surface area contributed by atoms with Crippen LogP contribution in [0, 0.1) is 0 Å². The molecule has 0 aliphatic carbocycles. The maximum atomic E-state index is 11.9. The van der Waals surface area contributed by atoms with Gasteiger partial charge in [0.05, 0.1) is 18.0 Å². The predicted molar refractivity (Wildman–Crippen MR) is 101 cm³/mol. The van der Waals surface area contributed by atoms with E-state index < -0.39 is 11.7 Å². The van der Waals surface area contributed by atoms with Crippen molar-refractivity contribution in [2.24, 2.45) is 0 Å². The first kappa shape index (κ1) is 18.6. The number of ether oxygens (including phenoxy) is 2. The molecule has 0 aromatic heterocycles. The van der Waals surface area contributed by atoms with Gasteiger partial charge in [-0.05, 0) is 56.7 Å². The molecule has 2 rings (SSSR count). The highest BCUT2D eigenvalue weighted by Crippen LogP contribution is 2.27. The van der Waals surface area contributed by atoms with E-state index in [1.165, 1.54) is 0 Å². The lowest BCUT2D eigenvalue weighted by molar-refractivity contribution is 0.0636. The Bertz CT molecular complexity index is 722. The first-order valence-electron chi connectivity index (χ1n) is 8.01. The van der Waals surface area contributed by atoms with E-state index in [2.05, 4.69) is 10.6 Å². The molecule has 0 radical (unpaired) electrons. The van der Waals surface area contributed by atoms with Crippen LogP contribution < -0.4 is 16.4 Å². The van der Waals surface area contributed by atoms with Crippen LogP contribution in [-0.2, 0) is 16.1 Å². The van der Waals surface area contributed by atoms with E-state index in [9.17, 15) is 4.79 Å². The highest BCUT2D eigenvalue weighted by atomic mass is 16.6. The summed E-state index contributed by atoms with van der Waals surface area (Å²) in [6, 6.07) is 13.1. The zero-order chi connectivity index (χ0) is 18.4. The molecule has 6 heteroatoms. The standard InChI is InChI=1S/C19H25N3O3/c1-19(2,3)25-18(23)22-15-9-10-16(20)17(11-15)21-14-7-5-13(6-8-14)12-24-4/h5-11,21H,12,20H2,1-4H3,(H,22,23). The van der Waals surface area contributed by atoms with Crippen LogP contribution in [0.15, 0.2) is 42.5 Å². The lowest BCUT2D eigenvalue weighted by Gasteiger charge is -2.20. The molecule has 2 aromatic carbocycles. The third-order valence-corrected chi connectivity index (χ3v) is 3.24. The number of nitrogens with one attached hydrogen (secondary N) is 2. The average molecular weight is 343 g/mol. The van der Waals surface area contributed by atoms with Crippen LogP contribution in [0.3, 0.4) is 0 Å². The normalized spacial score (nSPS) is 11.0. The smallest absolute Gasteiger partial charge is 0.412 e. The van der Waals surface area contributed by atoms with Crippen LogP contribution in [0.4, 0.5) is 27.5 Å². The number of rotatable bonds is 5. The van der Waals surface area contributed by atoms with Crippen molar-refractivity contribution in [1.29, 1.82) is 0 Å². The van der Waals surface area contributed by atoms with Crippen LogP contribution in [0.2, 0.25) is 0 Å². The number of hydrogen-bond donors (Lipinski definition) is 3. The largest absolute Gasteiger partial charge is 0.444 e. The molecule has 25 heavy (non-hydrogen) atoms. The topological polar surface area (TPSA) is 85.6 Å². The second-order valence-electron chi connectivity index (χ2n) is 6.68. The highest BCUT2D eigenvalue weighted by molar-refractivity contribution is 5.87. The fourth-order valence-electron chi connectivity index (χ4n) is 2.17. The molecule has 0 spiro atoms. The first-order chi connectivity index (χ1) is 11.8. The Kier molecular flexibility index (Phi) is 5.88. The molecule has 0 unspecified atom stereocenters. The third-order valence-electron chi connectivity index (χ3n) is 3.24. The fourth-order valence-corrected chi connectivity index (χ4v) is 2.17. The highest BCUT2D eigenvalue weighted by Gasteiger charge is 2.16. The summed E-state index contributed by atoms with van der Waals surface area (Å²) in [5.74, 6) is 0. The number of methoxy groups -OCH3 is 1. The number of nitrogen functional groups attached to an aromatic ring is 1. The van der Waals surface area contributed by atoms with Crippen LogP contribution in [0.5, 0.6) is 0 Å². The van der Waals surface area contributed by atoms with Gasteiger partial charge in [-0.1, -0.05) is 12.1 Å². The van der Waals surface area contributed by atoms with E-state index in [4.69, 9.17) is 15.2 Å². The van der Waals surface area contributed by atoms with Gasteiger partial charge in [0.15, 0.2) is 0 Å². The van der Waals surface area contributed by atoms with Crippen LogP contribution in [0.25, 0.3) is 0 Å². The Morgan fingerprint density at radius 1 is 1.08 bits per heavy atom. The summed E-state index contributed by atoms with van der Waals surface area (Å²) >= 11 is 0. The first-order valence-corrected chi connectivity index (χ1v) is 8.01. The van der Waals surface area contributed by atoms with Gasteiger partial charge in [0.2, 0.25) is 0 Å². The van der Waals surface area contributed by atoms with Crippen molar-refractivity contribution in [3.8, 4) is 0 Å². The molecule has 6 nitrogen and oxygen atoms in total. The number of nitrogens with two attached hydrogens (primary N) is 1. The summed E-state index contributed by atoms with van der Waals surface area (Å²) in [6.45, 7) is 6.01. The minimum absolute atomic E-state index is 0.507. The number of benzene rings is 2. The summed E-state index contributed by atoms with van der Waals surface area (Å²) in [5.41, 5.74) is 9.32. The molecule has 0 bridgehead atoms. The molecule has 1 amide bonds. The molecule has 0 aliphatic rings. The fraction of sp³-hybridized carbons (Fsp3) is 0.316. The van der Waals surface area contributed by atoms with Crippen molar-refractivity contribution in [2.75, 3.05) is 23.5 Å². The minimum atomic E-state index is -0.553. The van der Waals surface area contributed by atoms with Crippen molar-refractivity contribution >= 4 is 28.8 Å². The Hall–Kier alpha value is -2.73. The van der Waals surface area contributed by atoms with E-state index >= 15 is 0 Å². The Morgan fingerprint density at radius 2 is 1.72 bits per heavy atom. The second-order valence-corrected chi connectivity index (χ2v) is 6.68. The van der Waals surface area contributed by atoms with Gasteiger partial charge in [0.25, 0.3) is 0 Å². The number of hydrogen-bond acceptors (Lipinski definition) is 5. The second kappa shape index (κ2) is 7.90. The molecular weight excluding hydrogens is 318 g/mol. The minimum Gasteiger partial charge on any atom is -0.444 e. The van der Waals surface area contributed by atoms with Crippen LogP contribution in [0.1, 0.15) is 26.3 Å². The molecule has 0 heterocycles. The third kappa shape index (κ3) is 6.00. The van der Waals surface area contributed by atoms with Gasteiger partial charge in [-0.15, -0.1) is 0 Å². The number of carbonyl (C=O) groups is 1. The van der Waals surface area contributed by atoms with Crippen molar-refractivity contribution in [3.63, 3.8) is 0 Å². The van der Waals surface area contributed by atoms with Gasteiger partial charge in [-0.25, -0.2) is 4.79 Å². The van der Waals surface area contributed by atoms with E-state index in [0.29, 0.717) is 23.7 Å². The van der Waals surface area contributed by atoms with Gasteiger partial charge in [0.1, 0.15) is 5.60 Å². The van der Waals surface area contributed by atoms with Crippen molar-refractivity contribution in [3.05, 3.63) is 48.0 Å². The van der Waals surface area contributed by atoms with Crippen LogP contribution in [-0.4, -0.2) is 18.8 Å². The maximum Gasteiger partial charge on any atom is 0.412 e. The molecule has 134 valence electrons. The monoisotopic (exact) mass is 343 g/mol. The Balaban J connectivity index is 2.09. The van der Waals surface area contributed by atoms with E-state index in [1.807, 2.05) is 45.0 Å². The summed E-state index contributed by atoms with van der Waals surface area (Å²) < 4.78 is 10.4. The van der Waals surface area contributed by atoms with E-state index in [1.54, 1.807) is 25.3 Å². The lowest BCUT2D eigenvalue weighted by atomic mass is 10.2. The summed E-state index contributed by atoms with van der Waals surface area (Å²) in [6.07, 6.45) is -0.507. The molecular formula is C19H25N3O3. The van der Waals surface area contributed by atoms with Gasteiger partial charge in [0, 0.05) is 18.5 Å². The number of carbonyl (C=O) groups excluding carboxylic acids is 1. The van der Waals surface area contributed by atoms with Crippen molar-refractivity contribution in [2.45, 2.75) is 33.0 Å². The molecule has 0 fully saturated rings. The molecule has 4 N–H and O–H groups in total. The van der Waals surface area contributed by atoms with Crippen molar-refractivity contribution < 1.29 is 14.3 Å². The summed E-state index contributed by atoms with van der Waals surface area (Å²) in [7, 11) is 1.66. The average Bonchev–Trinajstić information content (AvgIpc) is 2.51. The molecule has 2 aromatic rings. The zero-order valence-electron chi connectivity index (χ0n) is 15.1. The predicted octanol–water partition coefficient (Wildman–Crippen LogP) is 4.51. The summed E-state index contributed by atoms with van der Waals surface area (Å²) in [4.78, 5) is 11.9. The van der Waals surface area contributed by atoms with Gasteiger partial charge in [-0.3, -0.25) is 5.32 Å². The van der Waals surface area contributed by atoms with Gasteiger partial charge < -0.3 is 20.5 Å². The Labute approximate surface area is 148 Å². The summed E-state index contributed by atoms with van der Waals surface area (Å²) in [5, 5.41) is 5.95. The van der Waals surface area contributed by atoms with Gasteiger partial charge in [-0.2, -0.15) is 0 Å². The zero-order valence-corrected chi connectivity index (χ0v) is 15.1. The molecule has 0 saturated heterocycles.